The molecule has 0 unspecified atom stereocenters. The number of amides is 2. The molecule has 1 aliphatic heterocycles. The first-order valence-electron chi connectivity index (χ1n) is 7.84. The minimum absolute atomic E-state index is 0.0101. The van der Waals surface area contributed by atoms with Gasteiger partial charge in [0, 0.05) is 51.8 Å². The van der Waals surface area contributed by atoms with Crippen LogP contribution in [0, 0.1) is 0 Å². The molecule has 0 saturated carbocycles. The fraction of sp³-hybridized carbons (Fsp3) is 0.412. The summed E-state index contributed by atoms with van der Waals surface area (Å²) in [4.78, 5) is 27.8. The average Bonchev–Trinajstić information content (AvgIpc) is 3.13. The molecular weight excluding hydrogens is 294 g/mol. The van der Waals surface area contributed by atoms with Crippen molar-refractivity contribution in [3.8, 4) is 0 Å². The van der Waals surface area contributed by atoms with Gasteiger partial charge in [-0.15, -0.1) is 0 Å². The Bertz CT molecular complexity index is 748. The van der Waals surface area contributed by atoms with E-state index in [4.69, 9.17) is 4.42 Å². The van der Waals surface area contributed by atoms with Gasteiger partial charge < -0.3 is 18.8 Å². The van der Waals surface area contributed by atoms with Crippen LogP contribution in [0.3, 0.4) is 0 Å². The molecule has 3 heterocycles. The summed E-state index contributed by atoms with van der Waals surface area (Å²) in [5.41, 5.74) is 2.28. The predicted octanol–water partition coefficient (Wildman–Crippen LogP) is 2.11. The second-order valence-corrected chi connectivity index (χ2v) is 5.68. The Morgan fingerprint density at radius 2 is 1.91 bits per heavy atom. The molecule has 23 heavy (non-hydrogen) atoms. The van der Waals surface area contributed by atoms with E-state index in [1.165, 1.54) is 0 Å². The first-order chi connectivity index (χ1) is 11.1. The van der Waals surface area contributed by atoms with Crippen LogP contribution >= 0.6 is 0 Å². The van der Waals surface area contributed by atoms with Crippen LogP contribution in [0.15, 0.2) is 35.0 Å². The number of allylic oxidation sites excluding steroid dienone is 2. The van der Waals surface area contributed by atoms with Crippen LogP contribution in [0.1, 0.15) is 24.3 Å². The summed E-state index contributed by atoms with van der Waals surface area (Å²) in [6.07, 6.45) is 5.61. The van der Waals surface area contributed by atoms with Crippen molar-refractivity contribution in [2.45, 2.75) is 20.4 Å². The largest absolute Gasteiger partial charge is 0.463 e. The van der Waals surface area contributed by atoms with Gasteiger partial charge >= 0.3 is 0 Å². The third-order valence-electron chi connectivity index (χ3n) is 4.28. The van der Waals surface area contributed by atoms with Gasteiger partial charge in [-0.05, 0) is 6.92 Å². The van der Waals surface area contributed by atoms with Gasteiger partial charge in [-0.3, -0.25) is 9.59 Å². The zero-order chi connectivity index (χ0) is 16.4. The van der Waals surface area contributed by atoms with Gasteiger partial charge in [-0.1, -0.05) is 12.2 Å². The number of hydrogen-bond acceptors (Lipinski definition) is 3. The Kier molecular flexibility index (Phi) is 4.23. The summed E-state index contributed by atoms with van der Waals surface area (Å²) >= 11 is 0. The Morgan fingerprint density at radius 3 is 2.57 bits per heavy atom. The van der Waals surface area contributed by atoms with E-state index in [-0.39, 0.29) is 11.8 Å². The summed E-state index contributed by atoms with van der Waals surface area (Å²) in [5, 5.41) is 0. The van der Waals surface area contributed by atoms with Crippen LogP contribution in [0.2, 0.25) is 0 Å². The van der Waals surface area contributed by atoms with Gasteiger partial charge in [0.1, 0.15) is 5.69 Å². The first-order valence-corrected chi connectivity index (χ1v) is 7.84. The van der Waals surface area contributed by atoms with Crippen molar-refractivity contribution < 1.29 is 14.0 Å². The second kappa shape index (κ2) is 6.32. The van der Waals surface area contributed by atoms with Gasteiger partial charge in [-0.25, -0.2) is 0 Å². The summed E-state index contributed by atoms with van der Waals surface area (Å²) in [7, 11) is 0. The molecule has 0 aromatic carbocycles. The van der Waals surface area contributed by atoms with E-state index in [9.17, 15) is 9.59 Å². The number of fused-ring (bicyclic) bond motifs is 1. The molecule has 2 aromatic rings. The van der Waals surface area contributed by atoms with E-state index in [2.05, 4.69) is 0 Å². The SMILES string of the molecule is C/C=C\Cn1c(C(=O)N2CCN(C(C)=O)CC2)cc2occc21. The van der Waals surface area contributed by atoms with E-state index >= 15 is 0 Å². The van der Waals surface area contributed by atoms with Crippen LogP contribution < -0.4 is 0 Å². The molecule has 0 atom stereocenters. The first kappa shape index (κ1) is 15.4. The molecule has 122 valence electrons. The molecular formula is C17H21N3O3. The smallest absolute Gasteiger partial charge is 0.270 e. The molecule has 0 aliphatic carbocycles. The monoisotopic (exact) mass is 315 g/mol. The van der Waals surface area contributed by atoms with Crippen molar-refractivity contribution in [3.05, 3.63) is 36.2 Å². The lowest BCUT2D eigenvalue weighted by atomic mass is 10.2. The highest BCUT2D eigenvalue weighted by atomic mass is 16.3. The molecule has 0 radical (unpaired) electrons. The fourth-order valence-corrected chi connectivity index (χ4v) is 2.95. The Hall–Kier alpha value is -2.50. The van der Waals surface area contributed by atoms with Crippen LogP contribution in [0.4, 0.5) is 0 Å². The quantitative estimate of drug-likeness (QED) is 0.815. The van der Waals surface area contributed by atoms with Crippen molar-refractivity contribution in [2.75, 3.05) is 26.2 Å². The Labute approximate surface area is 134 Å². The predicted molar refractivity (Wildman–Crippen MR) is 87.2 cm³/mol. The number of hydrogen-bond donors (Lipinski definition) is 0. The van der Waals surface area contributed by atoms with Crippen molar-refractivity contribution in [3.63, 3.8) is 0 Å². The maximum absolute atomic E-state index is 12.9. The highest BCUT2D eigenvalue weighted by Crippen LogP contribution is 2.23. The van der Waals surface area contributed by atoms with Crippen molar-refractivity contribution in [2.24, 2.45) is 0 Å². The number of carbonyl (C=O) groups excluding carboxylic acids is 2. The summed E-state index contributed by atoms with van der Waals surface area (Å²) in [6, 6.07) is 3.68. The highest BCUT2D eigenvalue weighted by molar-refractivity contribution is 5.97. The highest BCUT2D eigenvalue weighted by Gasteiger charge is 2.26. The molecule has 6 nitrogen and oxygen atoms in total. The molecule has 0 bridgehead atoms. The normalized spacial score (nSPS) is 15.7. The van der Waals surface area contributed by atoms with Crippen LogP contribution in [0.5, 0.6) is 0 Å². The number of piperazine rings is 1. The fourth-order valence-electron chi connectivity index (χ4n) is 2.95. The van der Waals surface area contributed by atoms with Crippen molar-refractivity contribution in [1.82, 2.24) is 14.4 Å². The van der Waals surface area contributed by atoms with E-state index in [1.54, 1.807) is 29.1 Å². The Morgan fingerprint density at radius 1 is 1.22 bits per heavy atom. The van der Waals surface area contributed by atoms with E-state index in [0.29, 0.717) is 38.4 Å². The third-order valence-corrected chi connectivity index (χ3v) is 4.28. The number of aromatic nitrogens is 1. The van der Waals surface area contributed by atoms with Crippen molar-refractivity contribution >= 4 is 22.9 Å². The maximum atomic E-state index is 12.9. The lowest BCUT2D eigenvalue weighted by Gasteiger charge is -2.34. The summed E-state index contributed by atoms with van der Waals surface area (Å²) in [6.45, 7) is 6.46. The number of rotatable bonds is 3. The van der Waals surface area contributed by atoms with Gasteiger partial charge in [0.15, 0.2) is 5.58 Å². The molecule has 0 N–H and O–H groups in total. The van der Waals surface area contributed by atoms with Gasteiger partial charge in [0.25, 0.3) is 5.91 Å². The van der Waals surface area contributed by atoms with E-state index < -0.39 is 0 Å². The zero-order valence-electron chi connectivity index (χ0n) is 13.5. The molecule has 3 rings (SSSR count). The van der Waals surface area contributed by atoms with Crippen LogP contribution in [-0.2, 0) is 11.3 Å². The zero-order valence-corrected chi connectivity index (χ0v) is 13.5. The lowest BCUT2D eigenvalue weighted by molar-refractivity contribution is -0.130. The number of carbonyl (C=O) groups is 2. The van der Waals surface area contributed by atoms with E-state index in [1.807, 2.05) is 29.7 Å². The molecule has 2 amide bonds. The number of nitrogens with zero attached hydrogens (tertiary/aromatic N) is 3. The average molecular weight is 315 g/mol. The summed E-state index contributed by atoms with van der Waals surface area (Å²) < 4.78 is 7.41. The molecule has 1 saturated heterocycles. The second-order valence-electron chi connectivity index (χ2n) is 5.68. The molecule has 6 heteroatoms. The standard InChI is InChI=1S/C17H21N3O3/c1-3-4-6-20-14-5-11-23-16(14)12-15(20)17(22)19-9-7-18(8-10-19)13(2)21/h3-5,11-12H,6-10H2,1-2H3/b4-3-. The molecule has 2 aromatic heterocycles. The van der Waals surface area contributed by atoms with Crippen LogP contribution in [-0.4, -0.2) is 52.4 Å². The summed E-state index contributed by atoms with van der Waals surface area (Å²) in [5.74, 6) is 0.0511. The Balaban J connectivity index is 1.83. The van der Waals surface area contributed by atoms with Gasteiger partial charge in [0.2, 0.25) is 5.91 Å². The topological polar surface area (TPSA) is 58.7 Å². The van der Waals surface area contributed by atoms with E-state index in [0.717, 1.165) is 11.1 Å². The van der Waals surface area contributed by atoms with Gasteiger partial charge in [-0.2, -0.15) is 0 Å². The minimum atomic E-state index is -0.0101. The molecule has 1 aliphatic rings. The van der Waals surface area contributed by atoms with Crippen molar-refractivity contribution in [1.29, 1.82) is 0 Å². The molecule has 0 spiro atoms. The molecule has 1 fully saturated rings. The maximum Gasteiger partial charge on any atom is 0.270 e. The van der Waals surface area contributed by atoms with Crippen LogP contribution in [0.25, 0.3) is 11.1 Å². The van der Waals surface area contributed by atoms with Gasteiger partial charge in [0.05, 0.1) is 11.8 Å². The lowest BCUT2D eigenvalue weighted by Crippen LogP contribution is -2.50. The number of furan rings is 1. The minimum Gasteiger partial charge on any atom is -0.463 e. The third kappa shape index (κ3) is 2.88.